The van der Waals surface area contributed by atoms with E-state index in [1.807, 2.05) is 0 Å². The third-order valence-corrected chi connectivity index (χ3v) is 2.38. The standard InChI is InChI=1S/C10H9N3O3/c14-10-13(3-6-16-10)9-7-12-2-5-15-4-1-8(12)11-9/h1-2,4-5,7H,3,6H2. The Balaban J connectivity index is 1.98. The lowest BCUT2D eigenvalue weighted by atomic mass is 10.6. The van der Waals surface area contributed by atoms with Crippen LogP contribution in [0.5, 0.6) is 0 Å². The summed E-state index contributed by atoms with van der Waals surface area (Å²) >= 11 is 0. The number of cyclic esters (lactones) is 1. The van der Waals surface area contributed by atoms with Gasteiger partial charge in [-0.2, -0.15) is 0 Å². The monoisotopic (exact) mass is 219 g/mol. The van der Waals surface area contributed by atoms with Crippen LogP contribution >= 0.6 is 0 Å². The Morgan fingerprint density at radius 3 is 3.12 bits per heavy atom. The van der Waals surface area contributed by atoms with Gasteiger partial charge in [0.05, 0.1) is 19.0 Å². The van der Waals surface area contributed by atoms with Crippen molar-refractivity contribution in [1.82, 2.24) is 9.55 Å². The van der Waals surface area contributed by atoms with Crippen LogP contribution in [0.15, 0.2) is 18.7 Å². The third-order valence-electron chi connectivity index (χ3n) is 2.38. The fourth-order valence-corrected chi connectivity index (χ4v) is 1.62. The van der Waals surface area contributed by atoms with Gasteiger partial charge < -0.3 is 14.0 Å². The molecule has 1 amide bonds. The second-order valence-corrected chi connectivity index (χ2v) is 3.35. The molecule has 6 nitrogen and oxygen atoms in total. The topological polar surface area (TPSA) is 56.6 Å². The van der Waals surface area contributed by atoms with E-state index in [4.69, 9.17) is 9.47 Å². The van der Waals surface area contributed by atoms with Gasteiger partial charge in [0, 0.05) is 12.3 Å². The van der Waals surface area contributed by atoms with Crippen molar-refractivity contribution in [3.63, 3.8) is 0 Å². The van der Waals surface area contributed by atoms with Crippen LogP contribution < -0.4 is 4.90 Å². The van der Waals surface area contributed by atoms with Crippen molar-refractivity contribution in [2.45, 2.75) is 0 Å². The molecule has 0 spiro atoms. The number of amides is 1. The molecule has 82 valence electrons. The molecule has 0 saturated carbocycles. The van der Waals surface area contributed by atoms with Crippen LogP contribution in [0.2, 0.25) is 0 Å². The summed E-state index contributed by atoms with van der Waals surface area (Å²) in [6.07, 6.45) is 7.95. The van der Waals surface area contributed by atoms with Crippen molar-refractivity contribution in [1.29, 1.82) is 0 Å². The van der Waals surface area contributed by atoms with Crippen molar-refractivity contribution in [2.75, 3.05) is 18.1 Å². The van der Waals surface area contributed by atoms with Gasteiger partial charge in [-0.3, -0.25) is 4.90 Å². The van der Waals surface area contributed by atoms with Crippen LogP contribution in [0.25, 0.3) is 12.3 Å². The van der Waals surface area contributed by atoms with Gasteiger partial charge in [0.15, 0.2) is 5.82 Å². The molecule has 0 atom stereocenters. The molecule has 0 N–H and O–H groups in total. The van der Waals surface area contributed by atoms with Gasteiger partial charge in [0.25, 0.3) is 0 Å². The fraction of sp³-hybridized carbons (Fsp3) is 0.200. The van der Waals surface area contributed by atoms with Crippen molar-refractivity contribution in [3.05, 3.63) is 24.5 Å². The highest BCUT2D eigenvalue weighted by Gasteiger charge is 2.26. The maximum absolute atomic E-state index is 11.3. The lowest BCUT2D eigenvalue weighted by molar-refractivity contribution is 0.181. The Labute approximate surface area is 91.4 Å². The molecule has 6 heteroatoms. The molecule has 16 heavy (non-hydrogen) atoms. The van der Waals surface area contributed by atoms with Crippen molar-refractivity contribution >= 4 is 24.2 Å². The van der Waals surface area contributed by atoms with Crippen molar-refractivity contribution in [2.24, 2.45) is 0 Å². The number of imidazole rings is 1. The molecule has 0 radical (unpaired) electrons. The Bertz CT molecular complexity index is 460. The van der Waals surface area contributed by atoms with E-state index in [-0.39, 0.29) is 6.09 Å². The largest absolute Gasteiger partial charge is 0.471 e. The Hall–Kier alpha value is -2.24. The molecule has 1 aromatic rings. The summed E-state index contributed by atoms with van der Waals surface area (Å²) in [6, 6.07) is 0. The van der Waals surface area contributed by atoms with Gasteiger partial charge in [-0.15, -0.1) is 0 Å². The predicted molar refractivity (Wildman–Crippen MR) is 56.4 cm³/mol. The summed E-state index contributed by atoms with van der Waals surface area (Å²) < 4.78 is 11.6. The molecule has 3 heterocycles. The lowest BCUT2D eigenvalue weighted by Crippen LogP contribution is -2.23. The minimum absolute atomic E-state index is 0.350. The van der Waals surface area contributed by atoms with Gasteiger partial charge in [0.1, 0.15) is 18.7 Å². The molecule has 0 aromatic carbocycles. The number of aromatic nitrogens is 2. The Kier molecular flexibility index (Phi) is 1.92. The van der Waals surface area contributed by atoms with Gasteiger partial charge in [-0.1, -0.05) is 0 Å². The second-order valence-electron chi connectivity index (χ2n) is 3.35. The van der Waals surface area contributed by atoms with Crippen LogP contribution in [0.1, 0.15) is 5.82 Å². The number of fused-ring (bicyclic) bond motifs is 1. The van der Waals surface area contributed by atoms with Crippen molar-refractivity contribution in [3.8, 4) is 0 Å². The van der Waals surface area contributed by atoms with Gasteiger partial charge in [-0.25, -0.2) is 9.78 Å². The zero-order valence-corrected chi connectivity index (χ0v) is 8.37. The van der Waals surface area contributed by atoms with E-state index in [0.29, 0.717) is 24.8 Å². The van der Waals surface area contributed by atoms with Gasteiger partial charge in [-0.05, 0) is 0 Å². The van der Waals surface area contributed by atoms with Crippen LogP contribution in [-0.2, 0) is 9.47 Å². The van der Waals surface area contributed by atoms with Gasteiger partial charge in [0.2, 0.25) is 0 Å². The number of carbonyl (C=O) groups excluding carboxylic acids is 1. The molecule has 2 aliphatic rings. The van der Waals surface area contributed by atoms with Crippen LogP contribution in [0.4, 0.5) is 10.6 Å². The van der Waals surface area contributed by atoms with E-state index in [9.17, 15) is 4.79 Å². The van der Waals surface area contributed by atoms with Crippen LogP contribution in [0, 0.1) is 0 Å². The SMILES string of the molecule is O=C1OCCN1c1cn2c(n1)C=COC=C2. The first-order valence-corrected chi connectivity index (χ1v) is 4.86. The molecule has 3 rings (SSSR count). The first kappa shape index (κ1) is 9.02. The number of anilines is 1. The maximum atomic E-state index is 11.3. The molecule has 0 aliphatic carbocycles. The third kappa shape index (κ3) is 1.35. The molecule has 1 aromatic heterocycles. The number of carbonyl (C=O) groups is 1. The number of hydrogen-bond acceptors (Lipinski definition) is 4. The number of hydrogen-bond donors (Lipinski definition) is 0. The van der Waals surface area contributed by atoms with E-state index in [1.165, 1.54) is 11.2 Å². The van der Waals surface area contributed by atoms with Crippen LogP contribution in [0.3, 0.4) is 0 Å². The summed E-state index contributed by atoms with van der Waals surface area (Å²) in [4.78, 5) is 17.2. The number of nitrogens with zero attached hydrogens (tertiary/aromatic N) is 3. The normalized spacial score (nSPS) is 18.0. The highest BCUT2D eigenvalue weighted by molar-refractivity contribution is 5.88. The Morgan fingerprint density at radius 1 is 1.38 bits per heavy atom. The minimum Gasteiger partial charge on any atom is -0.471 e. The summed E-state index contributed by atoms with van der Waals surface area (Å²) in [5, 5.41) is 0. The maximum Gasteiger partial charge on any atom is 0.415 e. The van der Waals surface area contributed by atoms with E-state index in [2.05, 4.69) is 4.98 Å². The van der Waals surface area contributed by atoms with Crippen molar-refractivity contribution < 1.29 is 14.3 Å². The summed E-state index contributed by atoms with van der Waals surface area (Å²) in [7, 11) is 0. The molecule has 0 bridgehead atoms. The molecule has 2 aliphatic heterocycles. The smallest absolute Gasteiger partial charge is 0.415 e. The summed E-state index contributed by atoms with van der Waals surface area (Å²) in [5.74, 6) is 1.30. The fourth-order valence-electron chi connectivity index (χ4n) is 1.62. The minimum atomic E-state index is -0.350. The first-order valence-electron chi connectivity index (χ1n) is 4.86. The number of ether oxygens (including phenoxy) is 2. The quantitative estimate of drug-likeness (QED) is 0.713. The lowest BCUT2D eigenvalue weighted by Gasteiger charge is -2.06. The Morgan fingerprint density at radius 2 is 2.31 bits per heavy atom. The highest BCUT2D eigenvalue weighted by atomic mass is 16.6. The molecule has 0 unspecified atom stereocenters. The average molecular weight is 219 g/mol. The zero-order valence-electron chi connectivity index (χ0n) is 8.37. The second kappa shape index (κ2) is 3.41. The predicted octanol–water partition coefficient (Wildman–Crippen LogP) is 1.27. The summed E-state index contributed by atoms with van der Waals surface area (Å²) in [5.41, 5.74) is 0. The van der Waals surface area contributed by atoms with E-state index in [0.717, 1.165) is 0 Å². The highest BCUT2D eigenvalue weighted by Crippen LogP contribution is 2.20. The molecular formula is C10H9N3O3. The first-order chi connectivity index (χ1) is 7.84. The average Bonchev–Trinajstić information content (AvgIpc) is 2.80. The van der Waals surface area contributed by atoms with E-state index >= 15 is 0 Å². The van der Waals surface area contributed by atoms with E-state index in [1.54, 1.807) is 29.3 Å². The number of rotatable bonds is 1. The summed E-state index contributed by atoms with van der Waals surface area (Å²) in [6.45, 7) is 0.953. The van der Waals surface area contributed by atoms with Crippen LogP contribution in [-0.4, -0.2) is 28.8 Å². The molecular weight excluding hydrogens is 210 g/mol. The molecule has 1 fully saturated rings. The van der Waals surface area contributed by atoms with E-state index < -0.39 is 0 Å². The molecule has 1 saturated heterocycles. The van der Waals surface area contributed by atoms with Gasteiger partial charge >= 0.3 is 6.09 Å². The zero-order chi connectivity index (χ0) is 11.0.